The molecule has 3 heteroatoms. The van der Waals surface area contributed by atoms with E-state index in [1.807, 2.05) is 0 Å². The van der Waals surface area contributed by atoms with Gasteiger partial charge in [0, 0.05) is 6.54 Å². The molecule has 2 N–H and O–H groups in total. The first-order valence-electron chi connectivity index (χ1n) is 7.21. The van der Waals surface area contributed by atoms with Crippen LogP contribution in [0.4, 0.5) is 0 Å². The van der Waals surface area contributed by atoms with E-state index in [2.05, 4.69) is 29.6 Å². The topological polar surface area (TPSA) is 49.3 Å². The number of rotatable bonds is 4. The van der Waals surface area contributed by atoms with Crippen LogP contribution in [0.1, 0.15) is 56.1 Å². The van der Waals surface area contributed by atoms with E-state index in [0.29, 0.717) is 6.54 Å². The molecule has 0 aliphatic heterocycles. The molecule has 1 fully saturated rings. The van der Waals surface area contributed by atoms with E-state index in [0.717, 1.165) is 11.5 Å². The quantitative estimate of drug-likeness (QED) is 0.875. The summed E-state index contributed by atoms with van der Waals surface area (Å²) in [7, 11) is 0. The second-order valence-corrected chi connectivity index (χ2v) is 5.47. The third-order valence-electron chi connectivity index (χ3n) is 3.90. The Labute approximate surface area is 115 Å². The van der Waals surface area contributed by atoms with Gasteiger partial charge in [-0.1, -0.05) is 43.5 Å². The molecule has 1 amide bonds. The van der Waals surface area contributed by atoms with Crippen LogP contribution in [0.2, 0.25) is 0 Å². The predicted molar refractivity (Wildman–Crippen MR) is 75.8 cm³/mol. The Hall–Kier alpha value is -1.35. The normalized spacial score (nSPS) is 18.0. The van der Waals surface area contributed by atoms with Crippen molar-refractivity contribution in [3.8, 4) is 0 Å². The van der Waals surface area contributed by atoms with Crippen molar-refractivity contribution in [3.63, 3.8) is 0 Å². The largest absolute Gasteiger partial charge is 0.384 e. The molecule has 0 heterocycles. The summed E-state index contributed by atoms with van der Waals surface area (Å²) in [5.41, 5.74) is 2.50. The summed E-state index contributed by atoms with van der Waals surface area (Å²) in [6, 6.07) is 8.51. The van der Waals surface area contributed by atoms with Crippen molar-refractivity contribution in [2.75, 3.05) is 0 Å². The molecule has 3 nitrogen and oxygen atoms in total. The van der Waals surface area contributed by atoms with Gasteiger partial charge in [-0.25, -0.2) is 0 Å². The summed E-state index contributed by atoms with van der Waals surface area (Å²) in [6.07, 6.45) is 5.73. The lowest BCUT2D eigenvalue weighted by Crippen LogP contribution is -2.31. The minimum Gasteiger partial charge on any atom is -0.384 e. The molecule has 1 aromatic rings. The van der Waals surface area contributed by atoms with Crippen LogP contribution in [-0.4, -0.2) is 17.1 Å². The van der Waals surface area contributed by atoms with Crippen LogP contribution in [0.5, 0.6) is 0 Å². The van der Waals surface area contributed by atoms with Gasteiger partial charge in [0.25, 0.3) is 0 Å². The van der Waals surface area contributed by atoms with Crippen molar-refractivity contribution < 1.29 is 9.90 Å². The second-order valence-electron chi connectivity index (χ2n) is 5.47. The van der Waals surface area contributed by atoms with Crippen molar-refractivity contribution in [1.82, 2.24) is 5.32 Å². The van der Waals surface area contributed by atoms with Crippen LogP contribution in [-0.2, 0) is 11.3 Å². The molecule has 104 valence electrons. The van der Waals surface area contributed by atoms with Crippen molar-refractivity contribution in [2.45, 2.75) is 57.6 Å². The summed E-state index contributed by atoms with van der Waals surface area (Å²) in [6.45, 7) is 1.95. The number of aliphatic hydroxyl groups excluding tert-OH is 1. The summed E-state index contributed by atoms with van der Waals surface area (Å²) in [5.74, 6) is 0.395. The number of hydrogen-bond acceptors (Lipinski definition) is 2. The first kappa shape index (κ1) is 14.1. The molecule has 1 unspecified atom stereocenters. The van der Waals surface area contributed by atoms with E-state index in [1.54, 1.807) is 0 Å². The number of amides is 1. The maximum Gasteiger partial charge on any atom is 0.248 e. The van der Waals surface area contributed by atoms with Gasteiger partial charge in [0.2, 0.25) is 5.91 Å². The van der Waals surface area contributed by atoms with Crippen LogP contribution in [0.3, 0.4) is 0 Å². The standard InChI is InChI=1S/C16H23NO2/c1-12(18)16(19)17-11-13-7-9-15(10-8-13)14-5-3-2-4-6-14/h7-10,12,14,18H,2-6,11H2,1H3,(H,17,19). The molecule has 0 saturated heterocycles. The Bertz CT molecular complexity index is 405. The molecule has 2 rings (SSSR count). The maximum absolute atomic E-state index is 11.3. The summed E-state index contributed by atoms with van der Waals surface area (Å²) < 4.78 is 0. The predicted octanol–water partition coefficient (Wildman–Crippen LogP) is 2.73. The Morgan fingerprint density at radius 2 is 1.89 bits per heavy atom. The minimum atomic E-state index is -0.943. The SMILES string of the molecule is CC(O)C(=O)NCc1ccc(C2CCCCC2)cc1. The van der Waals surface area contributed by atoms with Gasteiger partial charge in [0.15, 0.2) is 0 Å². The first-order chi connectivity index (χ1) is 9.16. The molecular formula is C16H23NO2. The summed E-state index contributed by atoms with van der Waals surface area (Å²) >= 11 is 0. The Kier molecular flexibility index (Phi) is 4.97. The molecule has 1 aliphatic rings. The highest BCUT2D eigenvalue weighted by molar-refractivity contribution is 5.79. The van der Waals surface area contributed by atoms with Crippen LogP contribution in [0, 0.1) is 0 Å². The lowest BCUT2D eigenvalue weighted by atomic mass is 9.84. The maximum atomic E-state index is 11.3. The average molecular weight is 261 g/mol. The van der Waals surface area contributed by atoms with Crippen molar-refractivity contribution >= 4 is 5.91 Å². The summed E-state index contributed by atoms with van der Waals surface area (Å²) in [4.78, 5) is 11.3. The number of carbonyl (C=O) groups is 1. The molecule has 1 saturated carbocycles. The van der Waals surface area contributed by atoms with Gasteiger partial charge >= 0.3 is 0 Å². The van der Waals surface area contributed by atoms with Crippen molar-refractivity contribution in [1.29, 1.82) is 0 Å². The number of nitrogens with one attached hydrogen (secondary N) is 1. The highest BCUT2D eigenvalue weighted by Crippen LogP contribution is 2.32. The van der Waals surface area contributed by atoms with Gasteiger partial charge in [-0.15, -0.1) is 0 Å². The monoisotopic (exact) mass is 261 g/mol. The molecule has 1 aliphatic carbocycles. The number of benzene rings is 1. The third-order valence-corrected chi connectivity index (χ3v) is 3.90. The van der Waals surface area contributed by atoms with Gasteiger partial charge in [0.05, 0.1) is 0 Å². The van der Waals surface area contributed by atoms with Crippen LogP contribution >= 0.6 is 0 Å². The smallest absolute Gasteiger partial charge is 0.248 e. The molecule has 1 atom stereocenters. The van der Waals surface area contributed by atoms with E-state index in [-0.39, 0.29) is 5.91 Å². The fourth-order valence-corrected chi connectivity index (χ4v) is 2.68. The number of carbonyl (C=O) groups excluding carboxylic acids is 1. The summed E-state index contributed by atoms with van der Waals surface area (Å²) in [5, 5.41) is 11.8. The first-order valence-corrected chi connectivity index (χ1v) is 7.21. The van der Waals surface area contributed by atoms with Gasteiger partial charge in [-0.2, -0.15) is 0 Å². The Morgan fingerprint density at radius 3 is 2.47 bits per heavy atom. The fourth-order valence-electron chi connectivity index (χ4n) is 2.68. The van der Waals surface area contributed by atoms with E-state index in [4.69, 9.17) is 5.11 Å². The second kappa shape index (κ2) is 6.71. The highest BCUT2D eigenvalue weighted by atomic mass is 16.3. The van der Waals surface area contributed by atoms with Gasteiger partial charge in [-0.05, 0) is 36.8 Å². The minimum absolute atomic E-state index is 0.323. The zero-order valence-electron chi connectivity index (χ0n) is 11.6. The number of aliphatic hydroxyl groups is 1. The zero-order chi connectivity index (χ0) is 13.7. The average Bonchev–Trinajstić information content (AvgIpc) is 2.46. The Morgan fingerprint density at radius 1 is 1.26 bits per heavy atom. The van der Waals surface area contributed by atoms with Crippen molar-refractivity contribution in [3.05, 3.63) is 35.4 Å². The van der Waals surface area contributed by atoms with E-state index >= 15 is 0 Å². The lowest BCUT2D eigenvalue weighted by molar-refractivity contribution is -0.128. The molecule has 0 bridgehead atoms. The Balaban J connectivity index is 1.89. The van der Waals surface area contributed by atoms with Gasteiger partial charge in [-0.3, -0.25) is 4.79 Å². The van der Waals surface area contributed by atoms with Crippen LogP contribution in [0.25, 0.3) is 0 Å². The van der Waals surface area contributed by atoms with E-state index < -0.39 is 6.10 Å². The molecule has 19 heavy (non-hydrogen) atoms. The highest BCUT2D eigenvalue weighted by Gasteiger charge is 2.15. The molecular weight excluding hydrogens is 238 g/mol. The van der Waals surface area contributed by atoms with Gasteiger partial charge < -0.3 is 10.4 Å². The zero-order valence-corrected chi connectivity index (χ0v) is 11.6. The molecule has 0 spiro atoms. The fraction of sp³-hybridized carbons (Fsp3) is 0.562. The lowest BCUT2D eigenvalue weighted by Gasteiger charge is -2.22. The van der Waals surface area contributed by atoms with E-state index in [9.17, 15) is 4.79 Å². The van der Waals surface area contributed by atoms with Gasteiger partial charge in [0.1, 0.15) is 6.10 Å². The molecule has 1 aromatic carbocycles. The van der Waals surface area contributed by atoms with Crippen LogP contribution < -0.4 is 5.32 Å². The molecule has 0 radical (unpaired) electrons. The van der Waals surface area contributed by atoms with Crippen molar-refractivity contribution in [2.24, 2.45) is 0 Å². The molecule has 0 aromatic heterocycles. The third kappa shape index (κ3) is 4.06. The van der Waals surface area contributed by atoms with Crippen LogP contribution in [0.15, 0.2) is 24.3 Å². The van der Waals surface area contributed by atoms with E-state index in [1.165, 1.54) is 44.6 Å². The number of hydrogen-bond donors (Lipinski definition) is 2.